The van der Waals surface area contributed by atoms with Gasteiger partial charge in [0.1, 0.15) is 0 Å². The van der Waals surface area contributed by atoms with E-state index < -0.39 is 0 Å². The summed E-state index contributed by atoms with van der Waals surface area (Å²) < 4.78 is 5.12. The summed E-state index contributed by atoms with van der Waals surface area (Å²) in [6, 6.07) is 55.3. The zero-order chi connectivity index (χ0) is 27.6. The minimum atomic E-state index is 1.18. The van der Waals surface area contributed by atoms with E-state index in [-0.39, 0.29) is 0 Å². The number of benzene rings is 7. The van der Waals surface area contributed by atoms with Gasteiger partial charge in [-0.3, -0.25) is 0 Å². The van der Waals surface area contributed by atoms with Crippen LogP contribution in [0.3, 0.4) is 0 Å². The van der Waals surface area contributed by atoms with E-state index in [1.165, 1.54) is 80.7 Å². The molecule has 0 saturated carbocycles. The lowest BCUT2D eigenvalue weighted by Gasteiger charge is -2.12. The van der Waals surface area contributed by atoms with Crippen molar-refractivity contribution in [1.29, 1.82) is 0 Å². The molecule has 2 heteroatoms. The van der Waals surface area contributed by atoms with E-state index >= 15 is 0 Å². The molecule has 0 saturated heterocycles. The van der Waals surface area contributed by atoms with Crippen LogP contribution in [0.4, 0.5) is 0 Å². The average molecular weight is 552 g/mol. The Bertz CT molecular complexity index is 2450. The molecule has 196 valence electrons. The smallest absolute Gasteiger partial charge is 0.0634 e. The Morgan fingerprint density at radius 1 is 0.452 bits per heavy atom. The van der Waals surface area contributed by atoms with Gasteiger partial charge in [-0.2, -0.15) is 0 Å². The van der Waals surface area contributed by atoms with Crippen LogP contribution in [0.2, 0.25) is 0 Å². The molecule has 0 unspecified atom stereocenters. The van der Waals surface area contributed by atoms with Crippen LogP contribution < -0.4 is 0 Å². The van der Waals surface area contributed by atoms with E-state index in [1.54, 1.807) is 0 Å². The van der Waals surface area contributed by atoms with Crippen molar-refractivity contribution in [1.82, 2.24) is 4.57 Å². The normalized spacial score (nSPS) is 11.8. The number of aromatic nitrogens is 1. The molecule has 2 heterocycles. The maximum absolute atomic E-state index is 2.46. The maximum Gasteiger partial charge on any atom is 0.0634 e. The predicted octanol–water partition coefficient (Wildman–Crippen LogP) is 11.6. The highest BCUT2D eigenvalue weighted by atomic mass is 32.1. The lowest BCUT2D eigenvalue weighted by atomic mass is 9.96. The van der Waals surface area contributed by atoms with Crippen molar-refractivity contribution < 1.29 is 0 Å². The van der Waals surface area contributed by atoms with Crippen molar-refractivity contribution in [2.45, 2.75) is 0 Å². The molecular formula is C40H25NS. The zero-order valence-electron chi connectivity index (χ0n) is 22.8. The first kappa shape index (κ1) is 23.5. The number of nitrogens with zero attached hydrogens (tertiary/aromatic N) is 1. The highest BCUT2D eigenvalue weighted by Crippen LogP contribution is 2.47. The van der Waals surface area contributed by atoms with Gasteiger partial charge in [0.25, 0.3) is 0 Å². The Morgan fingerprint density at radius 2 is 1.14 bits per heavy atom. The summed E-state index contributed by atoms with van der Waals surface area (Å²) in [6.07, 6.45) is 0. The fourth-order valence-corrected chi connectivity index (χ4v) is 7.84. The summed E-state index contributed by atoms with van der Waals surface area (Å²) in [4.78, 5) is 0. The summed E-state index contributed by atoms with van der Waals surface area (Å²) in [5.74, 6) is 0. The molecule has 0 atom stereocenters. The molecule has 0 aliphatic heterocycles. The van der Waals surface area contributed by atoms with Crippen LogP contribution in [0, 0.1) is 0 Å². The fraction of sp³-hybridized carbons (Fsp3) is 0. The second kappa shape index (κ2) is 9.17. The third kappa shape index (κ3) is 3.49. The number of thiophene rings is 1. The summed E-state index contributed by atoms with van der Waals surface area (Å²) in [5.41, 5.74) is 8.67. The number of hydrogen-bond acceptors (Lipinski definition) is 1. The minimum Gasteiger partial charge on any atom is -0.309 e. The molecule has 0 spiro atoms. The molecule has 0 N–H and O–H groups in total. The molecule has 0 aliphatic rings. The SMILES string of the molecule is c1ccc(-c2cc3c4cc(-c5ccc6ccccc6c5)ccc4sc3c3c4ccccc4n(-c4ccccc4)c23)cc1. The van der Waals surface area contributed by atoms with Crippen LogP contribution in [-0.4, -0.2) is 4.57 Å². The first-order valence-corrected chi connectivity index (χ1v) is 15.2. The van der Waals surface area contributed by atoms with Gasteiger partial charge >= 0.3 is 0 Å². The van der Waals surface area contributed by atoms with Gasteiger partial charge in [0.05, 0.1) is 11.0 Å². The predicted molar refractivity (Wildman–Crippen MR) is 182 cm³/mol. The highest BCUT2D eigenvalue weighted by molar-refractivity contribution is 7.26. The largest absolute Gasteiger partial charge is 0.309 e. The zero-order valence-corrected chi connectivity index (χ0v) is 23.6. The van der Waals surface area contributed by atoms with E-state index in [0.29, 0.717) is 0 Å². The van der Waals surface area contributed by atoms with Crippen LogP contribution in [-0.2, 0) is 0 Å². The third-order valence-electron chi connectivity index (χ3n) is 8.55. The van der Waals surface area contributed by atoms with Crippen LogP contribution in [0.1, 0.15) is 0 Å². The quantitative estimate of drug-likeness (QED) is 0.206. The van der Waals surface area contributed by atoms with E-state index in [1.807, 2.05) is 11.3 Å². The molecule has 0 fully saturated rings. The van der Waals surface area contributed by atoms with E-state index in [9.17, 15) is 0 Å². The molecule has 9 rings (SSSR count). The topological polar surface area (TPSA) is 4.93 Å². The Morgan fingerprint density at radius 3 is 2.00 bits per heavy atom. The monoisotopic (exact) mass is 551 g/mol. The second-order valence-electron chi connectivity index (χ2n) is 11.0. The number of rotatable bonds is 3. The van der Waals surface area contributed by atoms with E-state index in [0.717, 1.165) is 0 Å². The van der Waals surface area contributed by atoms with Crippen molar-refractivity contribution in [2.24, 2.45) is 0 Å². The first-order valence-electron chi connectivity index (χ1n) is 14.4. The fourth-order valence-electron chi connectivity index (χ4n) is 6.61. The van der Waals surface area contributed by atoms with Crippen LogP contribution in [0.15, 0.2) is 152 Å². The number of hydrogen-bond donors (Lipinski definition) is 0. The molecule has 0 amide bonds. The van der Waals surface area contributed by atoms with E-state index in [4.69, 9.17) is 0 Å². The van der Waals surface area contributed by atoms with Gasteiger partial charge < -0.3 is 4.57 Å². The Hall–Kier alpha value is -5.18. The van der Waals surface area contributed by atoms with Gasteiger partial charge in [-0.25, -0.2) is 0 Å². The van der Waals surface area contributed by atoms with Crippen molar-refractivity contribution in [2.75, 3.05) is 0 Å². The van der Waals surface area contributed by atoms with Gasteiger partial charge in [-0.05, 0) is 69.9 Å². The van der Waals surface area contributed by atoms with Crippen LogP contribution >= 0.6 is 11.3 Å². The molecule has 1 nitrogen and oxygen atoms in total. The molecule has 9 aromatic rings. The van der Waals surface area contributed by atoms with Gasteiger partial charge in [0.15, 0.2) is 0 Å². The Labute approximate surface area is 247 Å². The molecule has 42 heavy (non-hydrogen) atoms. The Kier molecular flexibility index (Phi) is 5.13. The van der Waals surface area contributed by atoms with Crippen LogP contribution in [0.5, 0.6) is 0 Å². The third-order valence-corrected chi connectivity index (χ3v) is 9.76. The minimum absolute atomic E-state index is 1.18. The summed E-state index contributed by atoms with van der Waals surface area (Å²) in [6.45, 7) is 0. The summed E-state index contributed by atoms with van der Waals surface area (Å²) >= 11 is 1.91. The summed E-state index contributed by atoms with van der Waals surface area (Å²) in [7, 11) is 0. The van der Waals surface area contributed by atoms with Gasteiger partial charge in [0.2, 0.25) is 0 Å². The second-order valence-corrected chi connectivity index (χ2v) is 12.0. The van der Waals surface area contributed by atoms with Gasteiger partial charge in [-0.1, -0.05) is 109 Å². The Balaban J connectivity index is 1.41. The molecule has 0 bridgehead atoms. The van der Waals surface area contributed by atoms with Crippen molar-refractivity contribution in [3.8, 4) is 27.9 Å². The lowest BCUT2D eigenvalue weighted by Crippen LogP contribution is -1.95. The standard InChI is InChI=1S/C40H25NS/c1-3-12-27(13-4-1)33-25-35-34-24-30(29-20-19-26-11-7-8-14-28(26)23-29)21-22-37(34)42-40(35)38-32-17-9-10-18-36(32)41(39(33)38)31-15-5-2-6-16-31/h1-25H. The lowest BCUT2D eigenvalue weighted by molar-refractivity contribution is 1.18. The van der Waals surface area contributed by atoms with Crippen LogP contribution in [0.25, 0.3) is 80.7 Å². The summed E-state index contributed by atoms with van der Waals surface area (Å²) in [5, 5.41) is 7.80. The maximum atomic E-state index is 2.46. The number of fused-ring (bicyclic) bond motifs is 8. The molecule has 7 aromatic carbocycles. The molecule has 0 radical (unpaired) electrons. The van der Waals surface area contributed by atoms with Gasteiger partial charge in [0, 0.05) is 42.2 Å². The van der Waals surface area contributed by atoms with Gasteiger partial charge in [-0.15, -0.1) is 11.3 Å². The molecule has 0 aliphatic carbocycles. The first-order chi connectivity index (χ1) is 20.8. The average Bonchev–Trinajstić information content (AvgIpc) is 3.60. The molecule has 2 aromatic heterocycles. The number of para-hydroxylation sites is 2. The highest BCUT2D eigenvalue weighted by Gasteiger charge is 2.21. The van der Waals surface area contributed by atoms with E-state index in [2.05, 4.69) is 156 Å². The molecular weight excluding hydrogens is 527 g/mol. The van der Waals surface area contributed by atoms with Crippen molar-refractivity contribution >= 4 is 64.1 Å². The van der Waals surface area contributed by atoms with Crippen molar-refractivity contribution in [3.05, 3.63) is 152 Å². The van der Waals surface area contributed by atoms with Crippen molar-refractivity contribution in [3.63, 3.8) is 0 Å².